The minimum atomic E-state index is -4.70. The molecule has 2 aromatic rings. The van der Waals surface area contributed by atoms with Crippen molar-refractivity contribution in [2.45, 2.75) is 37.9 Å². The molecule has 0 saturated carbocycles. The second-order valence-electron chi connectivity index (χ2n) is 7.12. The molecule has 0 heterocycles. The molecule has 0 aromatic heterocycles. The molecule has 0 aliphatic heterocycles. The van der Waals surface area contributed by atoms with E-state index in [1.54, 1.807) is 26.0 Å². The maximum absolute atomic E-state index is 12.9. The van der Waals surface area contributed by atoms with Gasteiger partial charge in [0.1, 0.15) is 6.04 Å². The number of hydrogen-bond acceptors (Lipinski definition) is 4. The molecular weight excluding hydrogens is 435 g/mol. The molecule has 0 bridgehead atoms. The lowest BCUT2D eigenvalue weighted by Gasteiger charge is -2.22. The van der Waals surface area contributed by atoms with Crippen molar-refractivity contribution in [2.24, 2.45) is 5.92 Å². The predicted octanol–water partition coefficient (Wildman–Crippen LogP) is 3.61. The highest BCUT2D eigenvalue weighted by molar-refractivity contribution is 7.89. The summed E-state index contributed by atoms with van der Waals surface area (Å²) in [5, 5.41) is 5.12. The summed E-state index contributed by atoms with van der Waals surface area (Å²) in [4.78, 5) is 23.1. The Morgan fingerprint density at radius 2 is 1.48 bits per heavy atom. The standard InChI is InChI=1S/C20H22F3N3O4S/c1-12(2)18(19(28)25-16-9-7-15(8-10-16)24-13(3)27)26-31(29,30)17-6-4-5-14(11-17)20(21,22)23/h4-12,18,26H,1-3H3,(H,24,27)(H,25,28). The van der Waals surface area contributed by atoms with Crippen LogP contribution in [0.3, 0.4) is 0 Å². The number of halogens is 3. The van der Waals surface area contributed by atoms with E-state index in [-0.39, 0.29) is 5.91 Å². The van der Waals surface area contributed by atoms with E-state index in [1.807, 2.05) is 0 Å². The fraction of sp³-hybridized carbons (Fsp3) is 0.300. The number of hydrogen-bond donors (Lipinski definition) is 3. The van der Waals surface area contributed by atoms with Gasteiger partial charge in [-0.05, 0) is 48.4 Å². The summed E-state index contributed by atoms with van der Waals surface area (Å²) in [7, 11) is -4.40. The molecule has 2 aromatic carbocycles. The maximum atomic E-state index is 12.9. The first kappa shape index (κ1) is 24.4. The molecule has 1 unspecified atom stereocenters. The Morgan fingerprint density at radius 3 is 1.97 bits per heavy atom. The van der Waals surface area contributed by atoms with Crippen molar-refractivity contribution >= 4 is 33.2 Å². The van der Waals surface area contributed by atoms with Gasteiger partial charge in [0.2, 0.25) is 21.8 Å². The van der Waals surface area contributed by atoms with Gasteiger partial charge in [-0.3, -0.25) is 9.59 Å². The summed E-state index contributed by atoms with van der Waals surface area (Å²) >= 11 is 0. The number of carbonyl (C=O) groups is 2. The van der Waals surface area contributed by atoms with Gasteiger partial charge in [-0.1, -0.05) is 19.9 Å². The SMILES string of the molecule is CC(=O)Nc1ccc(NC(=O)C(NS(=O)(=O)c2cccc(C(F)(F)F)c2)C(C)C)cc1. The second-order valence-corrected chi connectivity index (χ2v) is 8.83. The molecule has 2 rings (SSSR count). The molecule has 7 nitrogen and oxygen atoms in total. The Bertz CT molecular complexity index is 1050. The first-order valence-electron chi connectivity index (χ1n) is 9.17. The highest BCUT2D eigenvalue weighted by Crippen LogP contribution is 2.30. The maximum Gasteiger partial charge on any atom is 0.416 e. The van der Waals surface area contributed by atoms with E-state index in [2.05, 4.69) is 15.4 Å². The van der Waals surface area contributed by atoms with Crippen LogP contribution >= 0.6 is 0 Å². The van der Waals surface area contributed by atoms with Crippen molar-refractivity contribution < 1.29 is 31.2 Å². The van der Waals surface area contributed by atoms with E-state index in [0.717, 1.165) is 18.2 Å². The van der Waals surface area contributed by atoms with Crippen LogP contribution in [0, 0.1) is 5.92 Å². The predicted molar refractivity (Wildman–Crippen MR) is 110 cm³/mol. The molecule has 168 valence electrons. The normalized spacial score (nSPS) is 13.0. The van der Waals surface area contributed by atoms with E-state index in [9.17, 15) is 31.2 Å². The average Bonchev–Trinajstić information content (AvgIpc) is 2.66. The van der Waals surface area contributed by atoms with Crippen molar-refractivity contribution in [2.75, 3.05) is 10.6 Å². The number of alkyl halides is 3. The van der Waals surface area contributed by atoms with Gasteiger partial charge in [0, 0.05) is 18.3 Å². The number of carbonyl (C=O) groups excluding carboxylic acids is 2. The van der Waals surface area contributed by atoms with Crippen LogP contribution < -0.4 is 15.4 Å². The van der Waals surface area contributed by atoms with Gasteiger partial charge < -0.3 is 10.6 Å². The molecule has 0 saturated heterocycles. The summed E-state index contributed by atoms with van der Waals surface area (Å²) in [6.07, 6.45) is -4.70. The van der Waals surface area contributed by atoms with Crippen molar-refractivity contribution in [1.82, 2.24) is 4.72 Å². The quantitative estimate of drug-likeness (QED) is 0.591. The van der Waals surface area contributed by atoms with Gasteiger partial charge in [-0.2, -0.15) is 17.9 Å². The largest absolute Gasteiger partial charge is 0.416 e. The molecule has 0 fully saturated rings. The van der Waals surface area contributed by atoms with Gasteiger partial charge in [0.25, 0.3) is 0 Å². The summed E-state index contributed by atoms with van der Waals surface area (Å²) in [5.41, 5.74) is -0.251. The van der Waals surface area contributed by atoms with Crippen molar-refractivity contribution in [3.63, 3.8) is 0 Å². The lowest BCUT2D eigenvalue weighted by molar-refractivity contribution is -0.137. The van der Waals surface area contributed by atoms with Crippen LogP contribution in [0.25, 0.3) is 0 Å². The highest BCUT2D eigenvalue weighted by atomic mass is 32.2. The van der Waals surface area contributed by atoms with Crippen molar-refractivity contribution in [1.29, 1.82) is 0 Å². The van der Waals surface area contributed by atoms with Crippen LogP contribution in [0.15, 0.2) is 53.4 Å². The Morgan fingerprint density at radius 1 is 0.935 bits per heavy atom. The molecule has 0 aliphatic rings. The zero-order valence-corrected chi connectivity index (χ0v) is 17.8. The first-order valence-corrected chi connectivity index (χ1v) is 10.7. The van der Waals surface area contributed by atoms with E-state index in [4.69, 9.17) is 0 Å². The molecule has 0 spiro atoms. The van der Waals surface area contributed by atoms with Gasteiger partial charge >= 0.3 is 6.18 Å². The Labute approximate surface area is 178 Å². The molecule has 1 atom stereocenters. The van der Waals surface area contributed by atoms with Crippen molar-refractivity contribution in [3.8, 4) is 0 Å². The summed E-state index contributed by atoms with van der Waals surface area (Å²) < 4.78 is 66.2. The van der Waals surface area contributed by atoms with E-state index in [0.29, 0.717) is 17.4 Å². The zero-order chi connectivity index (χ0) is 23.4. The molecular formula is C20H22F3N3O4S. The highest BCUT2D eigenvalue weighted by Gasteiger charge is 2.33. The van der Waals surface area contributed by atoms with Crippen LogP contribution in [0.2, 0.25) is 0 Å². The van der Waals surface area contributed by atoms with Gasteiger partial charge in [0.15, 0.2) is 0 Å². The molecule has 11 heteroatoms. The van der Waals surface area contributed by atoms with E-state index in [1.165, 1.54) is 19.1 Å². The van der Waals surface area contributed by atoms with Gasteiger partial charge in [-0.25, -0.2) is 8.42 Å². The third-order valence-corrected chi connectivity index (χ3v) is 5.61. The molecule has 31 heavy (non-hydrogen) atoms. The van der Waals surface area contributed by atoms with E-state index >= 15 is 0 Å². The monoisotopic (exact) mass is 457 g/mol. The number of rotatable bonds is 7. The number of benzene rings is 2. The fourth-order valence-corrected chi connectivity index (χ4v) is 4.02. The topological polar surface area (TPSA) is 104 Å². The van der Waals surface area contributed by atoms with Crippen LogP contribution in [0.1, 0.15) is 26.3 Å². The number of anilines is 2. The second kappa shape index (κ2) is 9.48. The van der Waals surface area contributed by atoms with Crippen LogP contribution in [-0.4, -0.2) is 26.3 Å². The average molecular weight is 457 g/mol. The fourth-order valence-electron chi connectivity index (χ4n) is 2.63. The Balaban J connectivity index is 2.20. The van der Waals surface area contributed by atoms with Crippen LogP contribution in [0.4, 0.5) is 24.5 Å². The minimum Gasteiger partial charge on any atom is -0.326 e. The van der Waals surface area contributed by atoms with Crippen LogP contribution in [-0.2, 0) is 25.8 Å². The number of amides is 2. The van der Waals surface area contributed by atoms with Crippen LogP contribution in [0.5, 0.6) is 0 Å². The van der Waals surface area contributed by atoms with Crippen molar-refractivity contribution in [3.05, 3.63) is 54.1 Å². The molecule has 0 aliphatic carbocycles. The zero-order valence-electron chi connectivity index (χ0n) is 16.9. The Hall–Kier alpha value is -2.92. The smallest absolute Gasteiger partial charge is 0.326 e. The number of sulfonamides is 1. The number of nitrogens with one attached hydrogen (secondary N) is 3. The molecule has 2 amide bonds. The molecule has 0 radical (unpaired) electrons. The first-order chi connectivity index (χ1) is 14.3. The van der Waals surface area contributed by atoms with Gasteiger partial charge in [-0.15, -0.1) is 0 Å². The summed E-state index contributed by atoms with van der Waals surface area (Å²) in [6.45, 7) is 4.54. The van der Waals surface area contributed by atoms with E-state index < -0.39 is 44.5 Å². The third-order valence-electron chi connectivity index (χ3n) is 4.18. The molecule has 3 N–H and O–H groups in total. The van der Waals surface area contributed by atoms with Gasteiger partial charge in [0.05, 0.1) is 10.5 Å². The Kier molecular flexibility index (Phi) is 7.45. The minimum absolute atomic E-state index is 0.263. The third kappa shape index (κ3) is 6.79. The summed E-state index contributed by atoms with van der Waals surface area (Å²) in [6, 6.07) is 8.17. The lowest BCUT2D eigenvalue weighted by Crippen LogP contribution is -2.47. The summed E-state index contributed by atoms with van der Waals surface area (Å²) in [5.74, 6) is -1.45. The lowest BCUT2D eigenvalue weighted by atomic mass is 10.0.